The van der Waals surface area contributed by atoms with E-state index in [1.165, 1.54) is 32.1 Å². The Morgan fingerprint density at radius 1 is 1.26 bits per heavy atom. The quantitative estimate of drug-likeness (QED) is 0.826. The van der Waals surface area contributed by atoms with E-state index in [9.17, 15) is 0 Å². The second kappa shape index (κ2) is 6.21. The van der Waals surface area contributed by atoms with E-state index in [1.807, 2.05) is 6.07 Å². The monoisotopic (exact) mass is 325 g/mol. The topological polar surface area (TPSA) is 37.8 Å². The van der Waals surface area contributed by atoms with E-state index >= 15 is 0 Å². The molecule has 1 aliphatic carbocycles. The average Bonchev–Trinajstić information content (AvgIpc) is 2.80. The van der Waals surface area contributed by atoms with Crippen LogP contribution in [0.2, 0.25) is 0 Å². The molecule has 0 aliphatic heterocycles. The highest BCUT2D eigenvalue weighted by Crippen LogP contribution is 2.27. The first-order chi connectivity index (χ1) is 8.95. The summed E-state index contributed by atoms with van der Waals surface area (Å²) in [6.45, 7) is 7.42. The predicted molar refractivity (Wildman–Crippen MR) is 83.5 cm³/mol. The normalized spacial score (nSPS) is 16.8. The van der Waals surface area contributed by atoms with Crippen molar-refractivity contribution >= 4 is 21.7 Å². The SMILES string of the molecule is CC(C)(C)c1nc(Br)cc(NCCC2CCCC2)n1. The van der Waals surface area contributed by atoms with Crippen LogP contribution in [0.15, 0.2) is 10.7 Å². The third kappa shape index (κ3) is 4.44. The molecule has 0 saturated heterocycles. The van der Waals surface area contributed by atoms with Gasteiger partial charge >= 0.3 is 0 Å². The van der Waals surface area contributed by atoms with Crippen LogP contribution in [-0.2, 0) is 5.41 Å². The molecule has 1 saturated carbocycles. The summed E-state index contributed by atoms with van der Waals surface area (Å²) in [5.74, 6) is 2.73. The van der Waals surface area contributed by atoms with Gasteiger partial charge in [-0.05, 0) is 28.3 Å². The maximum Gasteiger partial charge on any atom is 0.137 e. The Morgan fingerprint density at radius 2 is 1.95 bits per heavy atom. The molecule has 1 fully saturated rings. The van der Waals surface area contributed by atoms with E-state index in [2.05, 4.69) is 52.0 Å². The third-order valence-corrected chi connectivity index (χ3v) is 4.11. The van der Waals surface area contributed by atoms with Crippen molar-refractivity contribution in [3.05, 3.63) is 16.5 Å². The average molecular weight is 326 g/mol. The van der Waals surface area contributed by atoms with Gasteiger partial charge in [0.05, 0.1) is 0 Å². The van der Waals surface area contributed by atoms with Gasteiger partial charge in [0.2, 0.25) is 0 Å². The van der Waals surface area contributed by atoms with Gasteiger partial charge in [0, 0.05) is 18.0 Å². The van der Waals surface area contributed by atoms with Gasteiger partial charge < -0.3 is 5.32 Å². The molecule has 0 atom stereocenters. The van der Waals surface area contributed by atoms with Gasteiger partial charge in [-0.1, -0.05) is 46.5 Å². The largest absolute Gasteiger partial charge is 0.370 e. The zero-order valence-corrected chi connectivity index (χ0v) is 13.8. The van der Waals surface area contributed by atoms with Gasteiger partial charge in [-0.25, -0.2) is 9.97 Å². The molecule has 1 N–H and O–H groups in total. The maximum atomic E-state index is 4.62. The molecule has 2 rings (SSSR count). The van der Waals surface area contributed by atoms with Gasteiger partial charge in [0.1, 0.15) is 16.2 Å². The zero-order valence-electron chi connectivity index (χ0n) is 12.2. The Bertz CT molecular complexity index is 420. The van der Waals surface area contributed by atoms with Crippen molar-refractivity contribution in [2.24, 2.45) is 5.92 Å². The van der Waals surface area contributed by atoms with Crippen LogP contribution < -0.4 is 5.32 Å². The molecule has 0 amide bonds. The molecule has 0 spiro atoms. The van der Waals surface area contributed by atoms with Gasteiger partial charge in [-0.3, -0.25) is 0 Å². The molecule has 0 aromatic carbocycles. The Hall–Kier alpha value is -0.640. The van der Waals surface area contributed by atoms with Crippen LogP contribution in [0.3, 0.4) is 0 Å². The Labute approximate surface area is 124 Å². The summed E-state index contributed by atoms with van der Waals surface area (Å²) in [7, 11) is 0. The van der Waals surface area contributed by atoms with E-state index < -0.39 is 0 Å². The van der Waals surface area contributed by atoms with Crippen molar-refractivity contribution in [3.63, 3.8) is 0 Å². The van der Waals surface area contributed by atoms with E-state index in [4.69, 9.17) is 0 Å². The summed E-state index contributed by atoms with van der Waals surface area (Å²) >= 11 is 3.47. The predicted octanol–water partition coefficient (Wildman–Crippen LogP) is 4.53. The molecule has 1 aromatic heterocycles. The van der Waals surface area contributed by atoms with Crippen LogP contribution in [0.1, 0.15) is 58.7 Å². The first-order valence-electron chi connectivity index (χ1n) is 7.24. The van der Waals surface area contributed by atoms with Crippen LogP contribution in [-0.4, -0.2) is 16.5 Å². The fraction of sp³-hybridized carbons (Fsp3) is 0.733. The van der Waals surface area contributed by atoms with Gasteiger partial charge in [0.15, 0.2) is 0 Å². The minimum atomic E-state index is -0.0222. The van der Waals surface area contributed by atoms with E-state index in [-0.39, 0.29) is 5.41 Å². The molecule has 1 aliphatic rings. The number of anilines is 1. The maximum absolute atomic E-state index is 4.62. The first-order valence-corrected chi connectivity index (χ1v) is 8.03. The lowest BCUT2D eigenvalue weighted by Gasteiger charge is -2.18. The highest BCUT2D eigenvalue weighted by atomic mass is 79.9. The fourth-order valence-corrected chi connectivity index (χ4v) is 2.93. The van der Waals surface area contributed by atoms with Crippen LogP contribution in [0.4, 0.5) is 5.82 Å². The van der Waals surface area contributed by atoms with Crippen LogP contribution in [0.5, 0.6) is 0 Å². The van der Waals surface area contributed by atoms with Gasteiger partial charge in [-0.15, -0.1) is 0 Å². The summed E-state index contributed by atoms with van der Waals surface area (Å²) in [6, 6.07) is 1.96. The Balaban J connectivity index is 1.94. The van der Waals surface area contributed by atoms with Crippen LogP contribution >= 0.6 is 15.9 Å². The van der Waals surface area contributed by atoms with Crippen molar-refractivity contribution in [3.8, 4) is 0 Å². The smallest absolute Gasteiger partial charge is 0.137 e. The second-order valence-electron chi connectivity index (χ2n) is 6.52. The van der Waals surface area contributed by atoms with Gasteiger partial charge in [0.25, 0.3) is 0 Å². The number of rotatable bonds is 4. The van der Waals surface area contributed by atoms with Gasteiger partial charge in [-0.2, -0.15) is 0 Å². The minimum absolute atomic E-state index is 0.0222. The fourth-order valence-electron chi connectivity index (χ4n) is 2.55. The number of hydrogen-bond donors (Lipinski definition) is 1. The van der Waals surface area contributed by atoms with Crippen LogP contribution in [0.25, 0.3) is 0 Å². The van der Waals surface area contributed by atoms with Crippen molar-refractivity contribution in [1.29, 1.82) is 0 Å². The first kappa shape index (κ1) is 14.8. The molecule has 1 aromatic rings. The number of halogens is 1. The molecule has 0 bridgehead atoms. The molecule has 106 valence electrons. The third-order valence-electron chi connectivity index (χ3n) is 3.70. The number of nitrogens with zero attached hydrogens (tertiary/aromatic N) is 2. The van der Waals surface area contributed by atoms with Crippen molar-refractivity contribution in [1.82, 2.24) is 9.97 Å². The second-order valence-corrected chi connectivity index (χ2v) is 7.33. The molecule has 0 radical (unpaired) electrons. The molecule has 0 unspecified atom stereocenters. The molecule has 1 heterocycles. The molecule has 4 heteroatoms. The highest BCUT2D eigenvalue weighted by Gasteiger charge is 2.19. The lowest BCUT2D eigenvalue weighted by Crippen LogP contribution is -2.18. The van der Waals surface area contributed by atoms with E-state index in [0.717, 1.165) is 28.7 Å². The Morgan fingerprint density at radius 3 is 2.58 bits per heavy atom. The molecule has 3 nitrogen and oxygen atoms in total. The number of aromatic nitrogens is 2. The van der Waals surface area contributed by atoms with E-state index in [1.54, 1.807) is 0 Å². The lowest BCUT2D eigenvalue weighted by molar-refractivity contribution is 0.517. The summed E-state index contributed by atoms with van der Waals surface area (Å²) in [5, 5.41) is 3.44. The van der Waals surface area contributed by atoms with Crippen molar-refractivity contribution < 1.29 is 0 Å². The minimum Gasteiger partial charge on any atom is -0.370 e. The number of hydrogen-bond acceptors (Lipinski definition) is 3. The highest BCUT2D eigenvalue weighted by molar-refractivity contribution is 9.10. The summed E-state index contributed by atoms with van der Waals surface area (Å²) in [6.07, 6.45) is 6.90. The number of nitrogens with one attached hydrogen (secondary N) is 1. The van der Waals surface area contributed by atoms with Crippen LogP contribution in [0, 0.1) is 5.92 Å². The summed E-state index contributed by atoms with van der Waals surface area (Å²) in [5.41, 5.74) is -0.0222. The molecular weight excluding hydrogens is 302 g/mol. The van der Waals surface area contributed by atoms with Crippen molar-refractivity contribution in [2.45, 2.75) is 58.3 Å². The molecule has 19 heavy (non-hydrogen) atoms. The van der Waals surface area contributed by atoms with Crippen molar-refractivity contribution in [2.75, 3.05) is 11.9 Å². The molecular formula is C15H24BrN3. The Kier molecular flexibility index (Phi) is 4.82. The zero-order chi connectivity index (χ0) is 13.9. The summed E-state index contributed by atoms with van der Waals surface area (Å²) < 4.78 is 0.857. The standard InChI is InChI=1S/C15H24BrN3/c1-15(2,3)14-18-12(16)10-13(19-14)17-9-8-11-6-4-5-7-11/h10-11H,4-9H2,1-3H3,(H,17,18,19). The van der Waals surface area contributed by atoms with E-state index in [0.29, 0.717) is 0 Å². The summed E-state index contributed by atoms with van der Waals surface area (Å²) in [4.78, 5) is 9.07. The lowest BCUT2D eigenvalue weighted by atomic mass is 9.96.